The van der Waals surface area contributed by atoms with Crippen molar-refractivity contribution in [2.75, 3.05) is 14.2 Å². The minimum Gasteiger partial charge on any atom is -0.467 e. The SMILES string of the molecule is COC(=O)[C@@H](NC(=O)C[C@@H]1CCC(=O)N1Cc1cc(F)ccc1F)[C@@H](C)OC. The van der Waals surface area contributed by atoms with E-state index in [2.05, 4.69) is 10.1 Å². The Morgan fingerprint density at radius 3 is 2.68 bits per heavy atom. The van der Waals surface area contributed by atoms with E-state index in [0.717, 1.165) is 18.2 Å². The number of ether oxygens (including phenoxy) is 2. The van der Waals surface area contributed by atoms with Crippen LogP contribution in [0.5, 0.6) is 0 Å². The van der Waals surface area contributed by atoms with Crippen molar-refractivity contribution in [1.82, 2.24) is 10.2 Å². The monoisotopic (exact) mass is 398 g/mol. The van der Waals surface area contributed by atoms with Gasteiger partial charge in [-0.05, 0) is 31.5 Å². The summed E-state index contributed by atoms with van der Waals surface area (Å²) in [6.07, 6.45) is -0.0680. The van der Waals surface area contributed by atoms with Crippen LogP contribution in [-0.2, 0) is 30.4 Å². The minimum absolute atomic E-state index is 0.0427. The molecule has 1 aromatic carbocycles. The molecule has 0 aliphatic carbocycles. The fraction of sp³-hybridized carbons (Fsp3) is 0.526. The largest absolute Gasteiger partial charge is 0.467 e. The molecule has 0 radical (unpaired) electrons. The molecule has 9 heteroatoms. The first-order valence-electron chi connectivity index (χ1n) is 8.90. The second-order valence-corrected chi connectivity index (χ2v) is 6.66. The number of nitrogens with zero attached hydrogens (tertiary/aromatic N) is 1. The van der Waals surface area contributed by atoms with E-state index < -0.39 is 41.7 Å². The molecule has 1 fully saturated rings. The Hall–Kier alpha value is -2.55. The first-order chi connectivity index (χ1) is 13.3. The molecule has 1 aliphatic heterocycles. The molecule has 1 N–H and O–H groups in total. The quantitative estimate of drug-likeness (QED) is 0.672. The van der Waals surface area contributed by atoms with Crippen LogP contribution < -0.4 is 5.32 Å². The average molecular weight is 398 g/mol. The van der Waals surface area contributed by atoms with Crippen LogP contribution in [0.25, 0.3) is 0 Å². The molecule has 1 aromatic rings. The van der Waals surface area contributed by atoms with Crippen LogP contribution in [0.15, 0.2) is 18.2 Å². The summed E-state index contributed by atoms with van der Waals surface area (Å²) in [5.41, 5.74) is 0.0427. The number of hydrogen-bond acceptors (Lipinski definition) is 5. The Balaban J connectivity index is 2.06. The third-order valence-corrected chi connectivity index (χ3v) is 4.83. The van der Waals surface area contributed by atoms with E-state index in [0.29, 0.717) is 6.42 Å². The molecule has 0 saturated carbocycles. The lowest BCUT2D eigenvalue weighted by Gasteiger charge is -2.26. The first-order valence-corrected chi connectivity index (χ1v) is 8.90. The third-order valence-electron chi connectivity index (χ3n) is 4.83. The van der Waals surface area contributed by atoms with Crippen molar-refractivity contribution in [3.05, 3.63) is 35.4 Å². The molecule has 154 valence electrons. The molecule has 2 rings (SSSR count). The number of esters is 1. The highest BCUT2D eigenvalue weighted by Crippen LogP contribution is 2.25. The highest BCUT2D eigenvalue weighted by Gasteiger charge is 2.35. The molecular weight excluding hydrogens is 374 g/mol. The number of halogens is 2. The van der Waals surface area contributed by atoms with E-state index in [1.54, 1.807) is 6.92 Å². The van der Waals surface area contributed by atoms with Gasteiger partial charge in [0.05, 0.1) is 13.2 Å². The molecule has 0 aromatic heterocycles. The van der Waals surface area contributed by atoms with E-state index >= 15 is 0 Å². The Morgan fingerprint density at radius 1 is 1.32 bits per heavy atom. The number of amides is 2. The highest BCUT2D eigenvalue weighted by molar-refractivity contribution is 5.86. The lowest BCUT2D eigenvalue weighted by molar-refractivity contribution is -0.149. The van der Waals surface area contributed by atoms with Crippen molar-refractivity contribution in [3.63, 3.8) is 0 Å². The first kappa shape index (κ1) is 21.7. The summed E-state index contributed by atoms with van der Waals surface area (Å²) in [5.74, 6) is -2.58. The van der Waals surface area contributed by atoms with Gasteiger partial charge in [-0.3, -0.25) is 9.59 Å². The van der Waals surface area contributed by atoms with Gasteiger partial charge in [0.25, 0.3) is 0 Å². The van der Waals surface area contributed by atoms with Gasteiger partial charge in [0.2, 0.25) is 11.8 Å². The maximum Gasteiger partial charge on any atom is 0.331 e. The summed E-state index contributed by atoms with van der Waals surface area (Å²) < 4.78 is 37.1. The molecule has 1 aliphatic rings. The van der Waals surface area contributed by atoms with E-state index in [-0.39, 0.29) is 30.9 Å². The second-order valence-electron chi connectivity index (χ2n) is 6.66. The summed E-state index contributed by atoms with van der Waals surface area (Å²) in [6, 6.07) is 1.56. The van der Waals surface area contributed by atoms with Crippen molar-refractivity contribution in [1.29, 1.82) is 0 Å². The van der Waals surface area contributed by atoms with Crippen LogP contribution in [0.1, 0.15) is 31.7 Å². The number of rotatable bonds is 8. The number of likely N-dealkylation sites (tertiary alicyclic amines) is 1. The maximum atomic E-state index is 13.9. The van der Waals surface area contributed by atoms with Gasteiger partial charge in [-0.25, -0.2) is 13.6 Å². The van der Waals surface area contributed by atoms with Gasteiger partial charge in [-0.1, -0.05) is 0 Å². The third kappa shape index (κ3) is 5.25. The Labute approximate surface area is 162 Å². The summed E-state index contributed by atoms with van der Waals surface area (Å²) in [7, 11) is 2.60. The molecule has 28 heavy (non-hydrogen) atoms. The number of carbonyl (C=O) groups excluding carboxylic acids is 3. The number of methoxy groups -OCH3 is 2. The van der Waals surface area contributed by atoms with Gasteiger partial charge < -0.3 is 19.7 Å². The van der Waals surface area contributed by atoms with E-state index in [1.165, 1.54) is 19.1 Å². The molecule has 3 atom stereocenters. The Morgan fingerprint density at radius 2 is 2.04 bits per heavy atom. The van der Waals surface area contributed by atoms with Crippen molar-refractivity contribution in [2.24, 2.45) is 0 Å². The molecular formula is C19H24F2N2O5. The van der Waals surface area contributed by atoms with Gasteiger partial charge >= 0.3 is 5.97 Å². The van der Waals surface area contributed by atoms with E-state index in [1.807, 2.05) is 0 Å². The molecule has 1 saturated heterocycles. The summed E-state index contributed by atoms with van der Waals surface area (Å²) in [4.78, 5) is 37.8. The van der Waals surface area contributed by atoms with Crippen LogP contribution in [0.4, 0.5) is 8.78 Å². The van der Waals surface area contributed by atoms with Gasteiger partial charge in [0.15, 0.2) is 6.04 Å². The molecule has 7 nitrogen and oxygen atoms in total. The average Bonchev–Trinajstić information content (AvgIpc) is 3.01. The smallest absolute Gasteiger partial charge is 0.331 e. The van der Waals surface area contributed by atoms with E-state index in [4.69, 9.17) is 4.74 Å². The second kappa shape index (κ2) is 9.59. The molecule has 2 amide bonds. The number of carbonyl (C=O) groups is 3. The van der Waals surface area contributed by atoms with Crippen LogP contribution in [0.3, 0.4) is 0 Å². The lowest BCUT2D eigenvalue weighted by atomic mass is 10.1. The van der Waals surface area contributed by atoms with Crippen molar-refractivity contribution < 1.29 is 32.6 Å². The zero-order valence-electron chi connectivity index (χ0n) is 16.0. The Kier molecular flexibility index (Phi) is 7.45. The topological polar surface area (TPSA) is 84.9 Å². The molecule has 0 bridgehead atoms. The summed E-state index contributed by atoms with van der Waals surface area (Å²) in [5, 5.41) is 2.55. The standard InChI is InChI=1S/C19H24F2N2O5/c1-11(27-2)18(19(26)28-3)22-16(24)9-14-5-7-17(25)23(14)10-12-8-13(20)4-6-15(12)21/h4,6,8,11,14,18H,5,7,9-10H2,1-3H3,(H,22,24)/t11-,14+,18+/m1/s1. The predicted octanol–water partition coefficient (Wildman–Crippen LogP) is 1.54. The van der Waals surface area contributed by atoms with Gasteiger partial charge in [0.1, 0.15) is 11.6 Å². The summed E-state index contributed by atoms with van der Waals surface area (Å²) in [6.45, 7) is 1.48. The van der Waals surface area contributed by atoms with E-state index in [9.17, 15) is 23.2 Å². The molecule has 0 spiro atoms. The maximum absolute atomic E-state index is 13.9. The van der Waals surface area contributed by atoms with Gasteiger partial charge in [-0.2, -0.15) is 0 Å². The molecule has 0 unspecified atom stereocenters. The minimum atomic E-state index is -0.992. The molecule has 1 heterocycles. The van der Waals surface area contributed by atoms with Crippen LogP contribution >= 0.6 is 0 Å². The van der Waals surface area contributed by atoms with Crippen molar-refractivity contribution in [2.45, 2.75) is 50.9 Å². The normalized spacial score (nSPS) is 18.7. The number of nitrogens with one attached hydrogen (secondary N) is 1. The van der Waals surface area contributed by atoms with Gasteiger partial charge in [0, 0.05) is 38.1 Å². The van der Waals surface area contributed by atoms with Crippen LogP contribution in [0, 0.1) is 11.6 Å². The summed E-state index contributed by atoms with van der Waals surface area (Å²) >= 11 is 0. The Bertz CT molecular complexity index is 743. The lowest BCUT2D eigenvalue weighted by Crippen LogP contribution is -2.50. The van der Waals surface area contributed by atoms with Crippen molar-refractivity contribution in [3.8, 4) is 0 Å². The fourth-order valence-electron chi connectivity index (χ4n) is 3.15. The van der Waals surface area contributed by atoms with Crippen LogP contribution in [-0.4, -0.2) is 55.1 Å². The zero-order valence-corrected chi connectivity index (χ0v) is 16.0. The predicted molar refractivity (Wildman–Crippen MR) is 95.0 cm³/mol. The number of benzene rings is 1. The van der Waals surface area contributed by atoms with Crippen LogP contribution in [0.2, 0.25) is 0 Å². The van der Waals surface area contributed by atoms with Gasteiger partial charge in [-0.15, -0.1) is 0 Å². The fourth-order valence-corrected chi connectivity index (χ4v) is 3.15. The highest BCUT2D eigenvalue weighted by atomic mass is 19.1. The zero-order chi connectivity index (χ0) is 20.8. The number of hydrogen-bond donors (Lipinski definition) is 1. The van der Waals surface area contributed by atoms with Crippen molar-refractivity contribution >= 4 is 17.8 Å².